The van der Waals surface area contributed by atoms with Crippen LogP contribution in [0.5, 0.6) is 0 Å². The molecule has 1 aliphatic rings. The van der Waals surface area contributed by atoms with Gasteiger partial charge in [-0.1, -0.05) is 24.3 Å². The van der Waals surface area contributed by atoms with Crippen molar-refractivity contribution in [3.8, 4) is 0 Å². The van der Waals surface area contributed by atoms with Crippen molar-refractivity contribution in [2.45, 2.75) is 31.8 Å². The van der Waals surface area contributed by atoms with Crippen molar-refractivity contribution in [3.05, 3.63) is 35.4 Å². The molecule has 0 radical (unpaired) electrons. The zero-order valence-corrected chi connectivity index (χ0v) is 10.5. The first-order valence-corrected chi connectivity index (χ1v) is 5.76. The number of nitrogens with one attached hydrogen (secondary N) is 1. The fraction of sp³-hybridized carbons (Fsp3) is 0.538. The molecular formula is C13H20ClNO. The van der Waals surface area contributed by atoms with Gasteiger partial charge in [0.2, 0.25) is 0 Å². The fourth-order valence-corrected chi connectivity index (χ4v) is 2.18. The van der Waals surface area contributed by atoms with Gasteiger partial charge in [-0.3, -0.25) is 0 Å². The standard InChI is InChI=1S/C13H19NO.ClH/c1-10(15)11-4-6-12(7-5-11)13-3-2-8-14-9-13;/h4-7,10,13-15H,2-3,8-9H2,1H3;1H/t10?,13-;/m1./s1. The van der Waals surface area contributed by atoms with Crippen LogP contribution < -0.4 is 5.32 Å². The Morgan fingerprint density at radius 1 is 1.31 bits per heavy atom. The van der Waals surface area contributed by atoms with Crippen molar-refractivity contribution >= 4 is 12.4 Å². The molecule has 0 spiro atoms. The summed E-state index contributed by atoms with van der Waals surface area (Å²) in [6.45, 7) is 4.05. The molecule has 1 aromatic carbocycles. The van der Waals surface area contributed by atoms with E-state index in [1.165, 1.54) is 18.4 Å². The van der Waals surface area contributed by atoms with Crippen molar-refractivity contribution in [1.29, 1.82) is 0 Å². The van der Waals surface area contributed by atoms with Gasteiger partial charge in [0.25, 0.3) is 0 Å². The Morgan fingerprint density at radius 3 is 2.50 bits per heavy atom. The first kappa shape index (κ1) is 13.5. The van der Waals surface area contributed by atoms with E-state index in [1.807, 2.05) is 12.1 Å². The maximum absolute atomic E-state index is 9.41. The van der Waals surface area contributed by atoms with Crippen LogP contribution in [0.25, 0.3) is 0 Å². The molecule has 0 aliphatic carbocycles. The van der Waals surface area contributed by atoms with Gasteiger partial charge in [-0.25, -0.2) is 0 Å². The third kappa shape index (κ3) is 3.21. The molecule has 1 aliphatic heterocycles. The quantitative estimate of drug-likeness (QED) is 0.835. The highest BCUT2D eigenvalue weighted by atomic mass is 35.5. The van der Waals surface area contributed by atoms with Gasteiger partial charge in [-0.15, -0.1) is 12.4 Å². The molecule has 90 valence electrons. The normalized spacial score (nSPS) is 22.2. The number of piperidine rings is 1. The van der Waals surface area contributed by atoms with Gasteiger partial charge in [-0.05, 0) is 43.4 Å². The van der Waals surface area contributed by atoms with E-state index in [-0.39, 0.29) is 18.5 Å². The molecule has 1 fully saturated rings. The van der Waals surface area contributed by atoms with Gasteiger partial charge >= 0.3 is 0 Å². The van der Waals surface area contributed by atoms with Crippen LogP contribution in [0.1, 0.15) is 42.9 Å². The lowest BCUT2D eigenvalue weighted by atomic mass is 9.91. The molecule has 0 bridgehead atoms. The first-order valence-electron chi connectivity index (χ1n) is 5.76. The van der Waals surface area contributed by atoms with Crippen LogP contribution >= 0.6 is 12.4 Å². The van der Waals surface area contributed by atoms with Crippen LogP contribution in [0.2, 0.25) is 0 Å². The molecule has 1 aromatic rings. The minimum Gasteiger partial charge on any atom is -0.389 e. The Morgan fingerprint density at radius 2 is 2.00 bits per heavy atom. The van der Waals surface area contributed by atoms with Crippen molar-refractivity contribution < 1.29 is 5.11 Å². The van der Waals surface area contributed by atoms with Crippen LogP contribution in [0, 0.1) is 0 Å². The van der Waals surface area contributed by atoms with Gasteiger partial charge in [0.15, 0.2) is 0 Å². The predicted molar refractivity (Wildman–Crippen MR) is 69.2 cm³/mol. The molecule has 2 atom stereocenters. The van der Waals surface area contributed by atoms with E-state index < -0.39 is 0 Å². The highest BCUT2D eigenvalue weighted by Crippen LogP contribution is 2.24. The van der Waals surface area contributed by atoms with Crippen LogP contribution in [0.4, 0.5) is 0 Å². The molecule has 1 unspecified atom stereocenters. The number of hydrogen-bond donors (Lipinski definition) is 2. The van der Waals surface area contributed by atoms with E-state index in [0.29, 0.717) is 5.92 Å². The number of rotatable bonds is 2. The lowest BCUT2D eigenvalue weighted by Gasteiger charge is -2.23. The molecule has 3 heteroatoms. The minimum atomic E-state index is -0.358. The molecule has 0 aromatic heterocycles. The summed E-state index contributed by atoms with van der Waals surface area (Å²) in [6, 6.07) is 8.38. The van der Waals surface area contributed by atoms with Crippen LogP contribution in [0.15, 0.2) is 24.3 Å². The number of halogens is 1. The molecule has 2 nitrogen and oxygen atoms in total. The molecule has 2 N–H and O–H groups in total. The van der Waals surface area contributed by atoms with Gasteiger partial charge in [-0.2, -0.15) is 0 Å². The molecular weight excluding hydrogens is 222 g/mol. The highest BCUT2D eigenvalue weighted by Gasteiger charge is 2.14. The fourth-order valence-electron chi connectivity index (χ4n) is 2.18. The van der Waals surface area contributed by atoms with Gasteiger partial charge in [0.1, 0.15) is 0 Å². The number of aliphatic hydroxyl groups excluding tert-OH is 1. The van der Waals surface area contributed by atoms with Crippen LogP contribution in [0.3, 0.4) is 0 Å². The van der Waals surface area contributed by atoms with Gasteiger partial charge in [0.05, 0.1) is 6.10 Å². The second-order valence-electron chi connectivity index (χ2n) is 4.39. The summed E-state index contributed by atoms with van der Waals surface area (Å²) in [7, 11) is 0. The van der Waals surface area contributed by atoms with E-state index >= 15 is 0 Å². The zero-order chi connectivity index (χ0) is 10.7. The maximum atomic E-state index is 9.41. The molecule has 0 saturated carbocycles. The zero-order valence-electron chi connectivity index (χ0n) is 9.65. The van der Waals surface area contributed by atoms with Crippen molar-refractivity contribution in [2.75, 3.05) is 13.1 Å². The molecule has 0 amide bonds. The van der Waals surface area contributed by atoms with E-state index in [1.54, 1.807) is 6.92 Å². The second-order valence-corrected chi connectivity index (χ2v) is 4.39. The SMILES string of the molecule is CC(O)c1ccc([C@@H]2CCCNC2)cc1.Cl. The van der Waals surface area contributed by atoms with E-state index in [9.17, 15) is 5.11 Å². The summed E-state index contributed by atoms with van der Waals surface area (Å²) in [6.07, 6.45) is 2.19. The van der Waals surface area contributed by atoms with Gasteiger partial charge in [0, 0.05) is 6.54 Å². The summed E-state index contributed by atoms with van der Waals surface area (Å²) in [5, 5.41) is 12.8. The van der Waals surface area contributed by atoms with Crippen LogP contribution in [-0.2, 0) is 0 Å². The average molecular weight is 242 g/mol. The lowest BCUT2D eigenvalue weighted by molar-refractivity contribution is 0.199. The Bertz CT molecular complexity index is 304. The molecule has 16 heavy (non-hydrogen) atoms. The third-order valence-corrected chi connectivity index (χ3v) is 3.19. The van der Waals surface area contributed by atoms with Crippen molar-refractivity contribution in [1.82, 2.24) is 5.32 Å². The van der Waals surface area contributed by atoms with E-state index in [2.05, 4.69) is 17.4 Å². The molecule has 1 saturated heterocycles. The Hall–Kier alpha value is -0.570. The van der Waals surface area contributed by atoms with Crippen molar-refractivity contribution in [3.63, 3.8) is 0 Å². The molecule has 2 rings (SSSR count). The summed E-state index contributed by atoms with van der Waals surface area (Å²) in [5.74, 6) is 0.654. The summed E-state index contributed by atoms with van der Waals surface area (Å²) in [4.78, 5) is 0. The Labute approximate surface area is 103 Å². The third-order valence-electron chi connectivity index (χ3n) is 3.19. The second kappa shape index (κ2) is 6.24. The number of hydrogen-bond acceptors (Lipinski definition) is 2. The Balaban J connectivity index is 0.00000128. The smallest absolute Gasteiger partial charge is 0.0761 e. The average Bonchev–Trinajstić information content (AvgIpc) is 2.30. The summed E-state index contributed by atoms with van der Waals surface area (Å²) in [5.41, 5.74) is 2.40. The van der Waals surface area contributed by atoms with E-state index in [4.69, 9.17) is 0 Å². The minimum absolute atomic E-state index is 0. The topological polar surface area (TPSA) is 32.3 Å². The summed E-state index contributed by atoms with van der Waals surface area (Å²) < 4.78 is 0. The molecule has 1 heterocycles. The highest BCUT2D eigenvalue weighted by molar-refractivity contribution is 5.85. The van der Waals surface area contributed by atoms with E-state index in [0.717, 1.165) is 18.7 Å². The lowest BCUT2D eigenvalue weighted by Crippen LogP contribution is -2.28. The Kier molecular flexibility index (Phi) is 5.26. The first-order chi connectivity index (χ1) is 7.27. The van der Waals surface area contributed by atoms with Crippen molar-refractivity contribution in [2.24, 2.45) is 0 Å². The monoisotopic (exact) mass is 241 g/mol. The maximum Gasteiger partial charge on any atom is 0.0761 e. The number of benzene rings is 1. The number of aliphatic hydroxyl groups is 1. The predicted octanol–water partition coefficient (Wildman–Crippen LogP) is 2.63. The summed E-state index contributed by atoms with van der Waals surface area (Å²) >= 11 is 0. The van der Waals surface area contributed by atoms with Crippen LogP contribution in [-0.4, -0.2) is 18.2 Å². The van der Waals surface area contributed by atoms with Gasteiger partial charge < -0.3 is 10.4 Å². The largest absolute Gasteiger partial charge is 0.389 e.